The Morgan fingerprint density at radius 2 is 1.47 bits per heavy atom. The highest BCUT2D eigenvalue weighted by atomic mass is 14.4. The first-order valence-corrected chi connectivity index (χ1v) is 7.09. The monoisotopic (exact) mass is 232 g/mol. The van der Waals surface area contributed by atoms with Crippen molar-refractivity contribution in [3.63, 3.8) is 0 Å². The average molecular weight is 232 g/mol. The highest BCUT2D eigenvalue weighted by molar-refractivity contribution is 5.35. The Morgan fingerprint density at radius 3 is 1.88 bits per heavy atom. The Kier molecular flexibility index (Phi) is 4.80. The van der Waals surface area contributed by atoms with Crippen LogP contribution in [0, 0.1) is 11.8 Å². The van der Waals surface area contributed by atoms with Crippen LogP contribution < -0.4 is 0 Å². The number of aryl methyl sites for hydroxylation is 1. The predicted molar refractivity (Wildman–Crippen MR) is 77.5 cm³/mol. The smallest absolute Gasteiger partial charge is 0.0000947 e. The fourth-order valence-electron chi connectivity index (χ4n) is 3.58. The van der Waals surface area contributed by atoms with Crippen LogP contribution in [-0.2, 0) is 11.8 Å². The quantitative estimate of drug-likeness (QED) is 0.654. The maximum atomic E-state index is 2.37. The number of benzene rings is 1. The summed E-state index contributed by atoms with van der Waals surface area (Å²) < 4.78 is 0. The molecule has 96 valence electrons. The lowest BCUT2D eigenvalue weighted by Gasteiger charge is -2.43. The third-order valence-corrected chi connectivity index (χ3v) is 4.55. The molecule has 0 bridgehead atoms. The molecule has 0 amide bonds. The predicted octanol–water partition coefficient (Wildman–Crippen LogP) is 5.21. The lowest BCUT2D eigenvalue weighted by molar-refractivity contribution is 0.208. The molecule has 0 unspecified atom stereocenters. The van der Waals surface area contributed by atoms with E-state index in [1.165, 1.54) is 12.0 Å². The molecule has 1 aromatic carbocycles. The lowest BCUT2D eigenvalue weighted by Crippen LogP contribution is -2.38. The Labute approximate surface area is 107 Å². The topological polar surface area (TPSA) is 0 Å². The molecular formula is C17H28. The Hall–Kier alpha value is -0.780. The van der Waals surface area contributed by atoms with Gasteiger partial charge in [0.25, 0.3) is 0 Å². The maximum absolute atomic E-state index is 2.37. The summed E-state index contributed by atoms with van der Waals surface area (Å²) >= 11 is 0. The van der Waals surface area contributed by atoms with Crippen molar-refractivity contribution in [1.29, 1.82) is 0 Å². The summed E-state index contributed by atoms with van der Waals surface area (Å²) in [4.78, 5) is 0. The highest BCUT2D eigenvalue weighted by Gasteiger charge is 2.38. The van der Waals surface area contributed by atoms with E-state index in [1.54, 1.807) is 5.56 Å². The molecule has 0 nitrogen and oxygen atoms in total. The molecule has 0 aliphatic carbocycles. The van der Waals surface area contributed by atoms with E-state index in [9.17, 15) is 0 Å². The number of hydrogen-bond donors (Lipinski definition) is 0. The minimum atomic E-state index is 0.326. The third kappa shape index (κ3) is 2.41. The van der Waals surface area contributed by atoms with Crippen LogP contribution in [0.5, 0.6) is 0 Å². The van der Waals surface area contributed by atoms with Crippen molar-refractivity contribution in [3.05, 3.63) is 35.4 Å². The first kappa shape index (κ1) is 14.3. The molecule has 0 aromatic heterocycles. The minimum Gasteiger partial charge on any atom is -0.0645 e. The van der Waals surface area contributed by atoms with Gasteiger partial charge in [-0.25, -0.2) is 0 Å². The van der Waals surface area contributed by atoms with Crippen LogP contribution in [0.25, 0.3) is 0 Å². The van der Waals surface area contributed by atoms with Gasteiger partial charge in [-0.3, -0.25) is 0 Å². The highest BCUT2D eigenvalue weighted by Crippen LogP contribution is 2.43. The van der Waals surface area contributed by atoms with Gasteiger partial charge in [-0.2, -0.15) is 0 Å². The van der Waals surface area contributed by atoms with Crippen LogP contribution in [-0.4, -0.2) is 0 Å². The zero-order chi connectivity index (χ0) is 13.1. The van der Waals surface area contributed by atoms with Crippen LogP contribution in [0.2, 0.25) is 0 Å². The van der Waals surface area contributed by atoms with Gasteiger partial charge in [-0.05, 0) is 41.2 Å². The molecule has 0 aliphatic rings. The van der Waals surface area contributed by atoms with Gasteiger partial charge in [0.15, 0.2) is 0 Å². The molecule has 0 N–H and O–H groups in total. The Morgan fingerprint density at radius 1 is 0.941 bits per heavy atom. The average Bonchev–Trinajstić information content (AvgIpc) is 2.30. The van der Waals surface area contributed by atoms with Crippen LogP contribution in [0.15, 0.2) is 24.3 Å². The van der Waals surface area contributed by atoms with Gasteiger partial charge >= 0.3 is 0 Å². The van der Waals surface area contributed by atoms with Crippen LogP contribution in [0.4, 0.5) is 0 Å². The van der Waals surface area contributed by atoms with Gasteiger partial charge in [0.2, 0.25) is 0 Å². The summed E-state index contributed by atoms with van der Waals surface area (Å²) in [5.74, 6) is 1.36. The van der Waals surface area contributed by atoms with Gasteiger partial charge in [-0.1, -0.05) is 65.8 Å². The number of rotatable bonds is 5. The lowest BCUT2D eigenvalue weighted by atomic mass is 9.62. The van der Waals surface area contributed by atoms with Gasteiger partial charge in [0, 0.05) is 0 Å². The van der Waals surface area contributed by atoms with E-state index in [0.29, 0.717) is 17.3 Å². The summed E-state index contributed by atoms with van der Waals surface area (Å²) in [5, 5.41) is 0. The SMILES string of the molecule is CCc1ccccc1C(CC)(C(C)C)C(C)C. The molecule has 0 radical (unpaired) electrons. The normalized spacial score (nSPS) is 12.5. The van der Waals surface area contributed by atoms with Gasteiger partial charge < -0.3 is 0 Å². The van der Waals surface area contributed by atoms with Gasteiger partial charge in [-0.15, -0.1) is 0 Å². The summed E-state index contributed by atoms with van der Waals surface area (Å²) in [7, 11) is 0. The zero-order valence-electron chi connectivity index (χ0n) is 12.4. The molecule has 0 atom stereocenters. The van der Waals surface area contributed by atoms with Crippen molar-refractivity contribution >= 4 is 0 Å². The van der Waals surface area contributed by atoms with Crippen molar-refractivity contribution in [2.45, 2.75) is 59.8 Å². The standard InChI is InChI=1S/C17H28/c1-7-15-11-9-10-12-16(15)17(8-2,13(3)4)14(5)6/h9-14H,7-8H2,1-6H3. The van der Waals surface area contributed by atoms with Crippen molar-refractivity contribution < 1.29 is 0 Å². The van der Waals surface area contributed by atoms with Crippen molar-refractivity contribution in [2.75, 3.05) is 0 Å². The maximum Gasteiger partial charge on any atom is -0.0000947 e. The second-order valence-electron chi connectivity index (χ2n) is 5.71. The summed E-state index contributed by atoms with van der Waals surface area (Å²) in [6.45, 7) is 14.1. The molecule has 17 heavy (non-hydrogen) atoms. The molecule has 0 aliphatic heterocycles. The molecule has 0 heterocycles. The molecule has 0 spiro atoms. The van der Waals surface area contributed by atoms with E-state index >= 15 is 0 Å². The van der Waals surface area contributed by atoms with Crippen molar-refractivity contribution in [1.82, 2.24) is 0 Å². The molecule has 0 saturated heterocycles. The molecule has 0 fully saturated rings. The van der Waals surface area contributed by atoms with Crippen molar-refractivity contribution in [2.24, 2.45) is 11.8 Å². The van der Waals surface area contributed by atoms with E-state index in [2.05, 4.69) is 65.8 Å². The van der Waals surface area contributed by atoms with E-state index in [0.717, 1.165) is 6.42 Å². The van der Waals surface area contributed by atoms with Gasteiger partial charge in [0.1, 0.15) is 0 Å². The summed E-state index contributed by atoms with van der Waals surface area (Å²) in [6, 6.07) is 9.01. The minimum absolute atomic E-state index is 0.326. The van der Waals surface area contributed by atoms with E-state index in [-0.39, 0.29) is 0 Å². The first-order valence-electron chi connectivity index (χ1n) is 7.09. The first-order chi connectivity index (χ1) is 8.00. The largest absolute Gasteiger partial charge is 0.0645 e. The molecule has 1 rings (SSSR count). The van der Waals surface area contributed by atoms with Crippen molar-refractivity contribution in [3.8, 4) is 0 Å². The molecule has 0 heteroatoms. The second-order valence-corrected chi connectivity index (χ2v) is 5.71. The summed E-state index contributed by atoms with van der Waals surface area (Å²) in [6.07, 6.45) is 2.36. The Balaban J connectivity index is 3.40. The molecule has 0 saturated carbocycles. The fourth-order valence-corrected chi connectivity index (χ4v) is 3.58. The van der Waals surface area contributed by atoms with E-state index < -0.39 is 0 Å². The Bertz CT molecular complexity index is 339. The van der Waals surface area contributed by atoms with Crippen LogP contribution in [0.1, 0.15) is 59.1 Å². The molecule has 1 aromatic rings. The van der Waals surface area contributed by atoms with Crippen LogP contribution in [0.3, 0.4) is 0 Å². The van der Waals surface area contributed by atoms with E-state index in [1.807, 2.05) is 0 Å². The molecular weight excluding hydrogens is 204 g/mol. The van der Waals surface area contributed by atoms with Crippen LogP contribution >= 0.6 is 0 Å². The second kappa shape index (κ2) is 5.71. The zero-order valence-corrected chi connectivity index (χ0v) is 12.4. The summed E-state index contributed by atoms with van der Waals surface area (Å²) in [5.41, 5.74) is 3.43. The van der Waals surface area contributed by atoms with Gasteiger partial charge in [0.05, 0.1) is 0 Å². The fraction of sp³-hybridized carbons (Fsp3) is 0.647. The third-order valence-electron chi connectivity index (χ3n) is 4.55. The van der Waals surface area contributed by atoms with E-state index in [4.69, 9.17) is 0 Å². The number of hydrogen-bond acceptors (Lipinski definition) is 0.